The summed E-state index contributed by atoms with van der Waals surface area (Å²) in [7, 11) is 0. The van der Waals surface area contributed by atoms with Gasteiger partial charge < -0.3 is 9.67 Å². The third kappa shape index (κ3) is 2.31. The highest BCUT2D eigenvalue weighted by Crippen LogP contribution is 2.18. The predicted octanol–water partition coefficient (Wildman–Crippen LogP) is 2.24. The van der Waals surface area contributed by atoms with Crippen LogP contribution in [-0.4, -0.2) is 20.8 Å². The Morgan fingerprint density at radius 2 is 2.00 bits per heavy atom. The fourth-order valence-corrected chi connectivity index (χ4v) is 1.70. The molecule has 84 valence electrons. The van der Waals surface area contributed by atoms with E-state index in [0.717, 1.165) is 11.4 Å². The number of aryl methyl sites for hydroxylation is 1. The van der Waals surface area contributed by atoms with Crippen LogP contribution in [0.25, 0.3) is 11.4 Å². The van der Waals surface area contributed by atoms with Gasteiger partial charge in [0.05, 0.1) is 6.10 Å². The van der Waals surface area contributed by atoms with Crippen LogP contribution in [0.1, 0.15) is 12.5 Å². The van der Waals surface area contributed by atoms with Gasteiger partial charge in [-0.3, -0.25) is 0 Å². The van der Waals surface area contributed by atoms with Crippen molar-refractivity contribution in [3.63, 3.8) is 0 Å². The zero-order valence-electron chi connectivity index (χ0n) is 9.59. The van der Waals surface area contributed by atoms with E-state index in [2.05, 4.69) is 36.2 Å². The van der Waals surface area contributed by atoms with E-state index in [1.165, 1.54) is 5.56 Å². The third-order valence-corrected chi connectivity index (χ3v) is 2.49. The van der Waals surface area contributed by atoms with Gasteiger partial charge in [0.25, 0.3) is 0 Å². The van der Waals surface area contributed by atoms with Crippen LogP contribution in [-0.2, 0) is 6.54 Å². The van der Waals surface area contributed by atoms with Gasteiger partial charge >= 0.3 is 0 Å². The Morgan fingerprint density at radius 3 is 2.62 bits per heavy atom. The molecule has 0 radical (unpaired) electrons. The molecule has 1 atom stereocenters. The summed E-state index contributed by atoms with van der Waals surface area (Å²) in [6, 6.07) is 8.24. The molecule has 0 amide bonds. The van der Waals surface area contributed by atoms with E-state index >= 15 is 0 Å². The molecule has 3 heteroatoms. The molecule has 2 rings (SSSR count). The summed E-state index contributed by atoms with van der Waals surface area (Å²) in [5.41, 5.74) is 2.31. The number of hydrogen-bond acceptors (Lipinski definition) is 2. The number of aromatic nitrogens is 2. The Morgan fingerprint density at radius 1 is 1.31 bits per heavy atom. The lowest BCUT2D eigenvalue weighted by molar-refractivity contribution is 0.174. The van der Waals surface area contributed by atoms with E-state index in [0.29, 0.717) is 6.54 Å². The van der Waals surface area contributed by atoms with Crippen molar-refractivity contribution in [2.45, 2.75) is 26.5 Å². The first-order chi connectivity index (χ1) is 7.66. The number of benzene rings is 1. The molecule has 0 aliphatic rings. The van der Waals surface area contributed by atoms with Gasteiger partial charge in [-0.1, -0.05) is 29.8 Å². The quantitative estimate of drug-likeness (QED) is 0.854. The Hall–Kier alpha value is -1.61. The van der Waals surface area contributed by atoms with E-state index in [1.54, 1.807) is 13.1 Å². The second kappa shape index (κ2) is 4.49. The average Bonchev–Trinajstić information content (AvgIpc) is 2.66. The molecule has 1 heterocycles. The first kappa shape index (κ1) is 10.9. The molecule has 16 heavy (non-hydrogen) atoms. The molecule has 0 spiro atoms. The second-order valence-electron chi connectivity index (χ2n) is 4.12. The minimum absolute atomic E-state index is 0.363. The van der Waals surface area contributed by atoms with E-state index in [-0.39, 0.29) is 6.10 Å². The maximum absolute atomic E-state index is 9.39. The smallest absolute Gasteiger partial charge is 0.139 e. The van der Waals surface area contributed by atoms with Crippen molar-refractivity contribution in [1.82, 2.24) is 9.55 Å². The number of nitrogens with zero attached hydrogens (tertiary/aromatic N) is 2. The fourth-order valence-electron chi connectivity index (χ4n) is 1.70. The van der Waals surface area contributed by atoms with Crippen LogP contribution in [0.3, 0.4) is 0 Å². The Bertz CT molecular complexity index is 457. The number of hydrogen-bond donors (Lipinski definition) is 1. The van der Waals surface area contributed by atoms with Crippen molar-refractivity contribution < 1.29 is 5.11 Å². The normalized spacial score (nSPS) is 12.7. The van der Waals surface area contributed by atoms with Crippen LogP contribution in [0.2, 0.25) is 0 Å². The van der Waals surface area contributed by atoms with Crippen LogP contribution in [0, 0.1) is 6.92 Å². The van der Waals surface area contributed by atoms with Crippen molar-refractivity contribution in [3.8, 4) is 11.4 Å². The van der Waals surface area contributed by atoms with Crippen molar-refractivity contribution >= 4 is 0 Å². The standard InChI is InChI=1S/C13H16N2O/c1-10-3-5-12(6-4-10)13-14-7-8-15(13)9-11(2)16/h3-8,11,16H,9H2,1-2H3/t11-/m1/s1. The highest BCUT2D eigenvalue weighted by Gasteiger charge is 2.07. The van der Waals surface area contributed by atoms with Crippen molar-refractivity contribution in [1.29, 1.82) is 0 Å². The van der Waals surface area contributed by atoms with Crippen LogP contribution < -0.4 is 0 Å². The lowest BCUT2D eigenvalue weighted by Gasteiger charge is -2.09. The van der Waals surface area contributed by atoms with Gasteiger partial charge in [0.1, 0.15) is 5.82 Å². The zero-order chi connectivity index (χ0) is 11.5. The predicted molar refractivity (Wildman–Crippen MR) is 64.1 cm³/mol. The molecule has 2 aromatic rings. The summed E-state index contributed by atoms with van der Waals surface area (Å²) >= 11 is 0. The molecule has 0 aliphatic heterocycles. The Labute approximate surface area is 95.4 Å². The number of aliphatic hydroxyl groups is 1. The minimum Gasteiger partial charge on any atom is -0.392 e. The van der Waals surface area contributed by atoms with Crippen LogP contribution >= 0.6 is 0 Å². The first-order valence-electron chi connectivity index (χ1n) is 5.43. The SMILES string of the molecule is Cc1ccc(-c2nccn2C[C@@H](C)O)cc1. The molecule has 0 unspecified atom stereocenters. The summed E-state index contributed by atoms with van der Waals surface area (Å²) in [5, 5.41) is 9.39. The fraction of sp³-hybridized carbons (Fsp3) is 0.308. The Kier molecular flexibility index (Phi) is 3.06. The summed E-state index contributed by atoms with van der Waals surface area (Å²) in [5.74, 6) is 0.904. The van der Waals surface area contributed by atoms with Gasteiger partial charge in [0.2, 0.25) is 0 Å². The molecule has 0 fully saturated rings. The van der Waals surface area contributed by atoms with Gasteiger partial charge in [-0.2, -0.15) is 0 Å². The molecule has 3 nitrogen and oxygen atoms in total. The molecule has 1 aromatic heterocycles. The molecular weight excluding hydrogens is 200 g/mol. The van der Waals surface area contributed by atoms with Gasteiger partial charge in [-0.25, -0.2) is 4.98 Å². The average molecular weight is 216 g/mol. The number of imidazole rings is 1. The highest BCUT2D eigenvalue weighted by atomic mass is 16.3. The van der Waals surface area contributed by atoms with Gasteiger partial charge in [-0.15, -0.1) is 0 Å². The summed E-state index contributed by atoms with van der Waals surface area (Å²) < 4.78 is 1.97. The van der Waals surface area contributed by atoms with Crippen LogP contribution in [0.4, 0.5) is 0 Å². The molecular formula is C13H16N2O. The lowest BCUT2D eigenvalue weighted by Crippen LogP contribution is -2.11. The molecule has 0 saturated heterocycles. The number of rotatable bonds is 3. The summed E-state index contributed by atoms with van der Waals surface area (Å²) in [6.07, 6.45) is 3.29. The van der Waals surface area contributed by atoms with Gasteiger partial charge in [0, 0.05) is 24.5 Å². The second-order valence-corrected chi connectivity index (χ2v) is 4.12. The minimum atomic E-state index is -0.363. The molecule has 1 N–H and O–H groups in total. The van der Waals surface area contributed by atoms with Gasteiger partial charge in [0.15, 0.2) is 0 Å². The van der Waals surface area contributed by atoms with Crippen molar-refractivity contribution in [2.75, 3.05) is 0 Å². The highest BCUT2D eigenvalue weighted by molar-refractivity contribution is 5.55. The maximum Gasteiger partial charge on any atom is 0.139 e. The van der Waals surface area contributed by atoms with E-state index in [4.69, 9.17) is 0 Å². The zero-order valence-corrected chi connectivity index (χ0v) is 9.59. The molecule has 1 aromatic carbocycles. The Balaban J connectivity index is 2.33. The van der Waals surface area contributed by atoms with Crippen molar-refractivity contribution in [2.24, 2.45) is 0 Å². The van der Waals surface area contributed by atoms with Crippen LogP contribution in [0.5, 0.6) is 0 Å². The largest absolute Gasteiger partial charge is 0.392 e. The molecule has 0 aliphatic carbocycles. The topological polar surface area (TPSA) is 38.0 Å². The third-order valence-electron chi connectivity index (χ3n) is 2.49. The molecule has 0 bridgehead atoms. The lowest BCUT2D eigenvalue weighted by atomic mass is 10.1. The first-order valence-corrected chi connectivity index (χ1v) is 5.43. The summed E-state index contributed by atoms with van der Waals surface area (Å²) in [4.78, 5) is 4.32. The number of aliphatic hydroxyl groups excluding tert-OH is 1. The van der Waals surface area contributed by atoms with E-state index < -0.39 is 0 Å². The van der Waals surface area contributed by atoms with Crippen LogP contribution in [0.15, 0.2) is 36.7 Å². The monoisotopic (exact) mass is 216 g/mol. The summed E-state index contributed by atoms with van der Waals surface area (Å²) in [6.45, 7) is 4.41. The molecule has 0 saturated carbocycles. The van der Waals surface area contributed by atoms with Crippen molar-refractivity contribution in [3.05, 3.63) is 42.2 Å². The van der Waals surface area contributed by atoms with E-state index in [9.17, 15) is 5.11 Å². The maximum atomic E-state index is 9.39. The van der Waals surface area contributed by atoms with E-state index in [1.807, 2.05) is 10.8 Å². The van der Waals surface area contributed by atoms with Gasteiger partial charge in [-0.05, 0) is 13.8 Å².